The Bertz CT molecular complexity index is 1170. The number of para-hydroxylation sites is 1. The maximum Gasteiger partial charge on any atom is 0.286 e. The lowest BCUT2D eigenvalue weighted by molar-refractivity contribution is -0.118. The van der Waals surface area contributed by atoms with Crippen LogP contribution in [0, 0.1) is 0 Å². The Hall–Kier alpha value is -3.78. The molecule has 3 aromatic carbocycles. The van der Waals surface area contributed by atoms with E-state index in [4.69, 9.17) is 9.47 Å². The van der Waals surface area contributed by atoms with Gasteiger partial charge in [-0.3, -0.25) is 19.7 Å². The number of hydrogen-bond donors (Lipinski definition) is 2. The summed E-state index contributed by atoms with van der Waals surface area (Å²) in [5.41, 5.74) is 2.05. The predicted octanol–water partition coefficient (Wildman–Crippen LogP) is 4.31. The van der Waals surface area contributed by atoms with Gasteiger partial charge in [-0.1, -0.05) is 48.2 Å². The summed E-state index contributed by atoms with van der Waals surface area (Å²) in [6.07, 6.45) is 0.343. The Morgan fingerprint density at radius 3 is 2.33 bits per heavy atom. The zero-order valence-corrected chi connectivity index (χ0v) is 18.7. The van der Waals surface area contributed by atoms with Crippen molar-refractivity contribution in [1.82, 2.24) is 10.6 Å². The molecule has 4 rings (SSSR count). The van der Waals surface area contributed by atoms with Crippen molar-refractivity contribution in [3.05, 3.63) is 89.5 Å². The van der Waals surface area contributed by atoms with E-state index >= 15 is 0 Å². The first-order valence-electron chi connectivity index (χ1n) is 10.3. The molecule has 0 bridgehead atoms. The lowest BCUT2D eigenvalue weighted by Crippen LogP contribution is -2.26. The monoisotopic (exact) mass is 462 g/mol. The minimum Gasteiger partial charge on any atom is -0.496 e. The molecule has 33 heavy (non-hydrogen) atoms. The van der Waals surface area contributed by atoms with E-state index in [1.165, 1.54) is 7.11 Å². The first-order valence-corrected chi connectivity index (χ1v) is 11.2. The fraction of sp³-hybridized carbons (Fsp3) is 0.160. The number of rotatable bonds is 8. The van der Waals surface area contributed by atoms with Gasteiger partial charge in [-0.05, 0) is 53.9 Å². The van der Waals surface area contributed by atoms with Crippen LogP contribution in [0.25, 0.3) is 0 Å². The van der Waals surface area contributed by atoms with Crippen LogP contribution in [0.5, 0.6) is 17.2 Å². The van der Waals surface area contributed by atoms with Crippen LogP contribution in [0.4, 0.5) is 4.79 Å². The fourth-order valence-electron chi connectivity index (χ4n) is 3.38. The van der Waals surface area contributed by atoms with Crippen LogP contribution < -0.4 is 20.1 Å². The van der Waals surface area contributed by atoms with E-state index in [0.717, 1.165) is 28.6 Å². The largest absolute Gasteiger partial charge is 0.496 e. The van der Waals surface area contributed by atoms with Gasteiger partial charge in [0.15, 0.2) is 0 Å². The molecule has 168 valence electrons. The first kappa shape index (κ1) is 22.4. The van der Waals surface area contributed by atoms with E-state index < -0.39 is 5.25 Å². The SMILES string of the molecule is COc1ccc(CC2SC(=O)NC2=O)cc1C(=O)NCc1ccc(Oc2ccccc2)cc1. The fourth-order valence-corrected chi connectivity index (χ4v) is 4.24. The van der Waals surface area contributed by atoms with E-state index in [1.807, 2.05) is 54.6 Å². The quantitative estimate of drug-likeness (QED) is 0.518. The Morgan fingerprint density at radius 2 is 1.67 bits per heavy atom. The molecule has 8 heteroatoms. The van der Waals surface area contributed by atoms with Crippen molar-refractivity contribution >= 4 is 28.8 Å². The average Bonchev–Trinajstić information content (AvgIpc) is 3.15. The van der Waals surface area contributed by atoms with Crippen LogP contribution in [0.2, 0.25) is 0 Å². The van der Waals surface area contributed by atoms with Gasteiger partial charge >= 0.3 is 0 Å². The van der Waals surface area contributed by atoms with Crippen LogP contribution in [0.3, 0.4) is 0 Å². The van der Waals surface area contributed by atoms with Crippen molar-refractivity contribution in [3.63, 3.8) is 0 Å². The molecule has 3 aromatic rings. The molecule has 1 unspecified atom stereocenters. The predicted molar refractivity (Wildman–Crippen MR) is 126 cm³/mol. The maximum absolute atomic E-state index is 12.9. The van der Waals surface area contributed by atoms with E-state index in [1.54, 1.807) is 18.2 Å². The second kappa shape index (κ2) is 10.2. The number of ether oxygens (including phenoxy) is 2. The van der Waals surface area contributed by atoms with Gasteiger partial charge in [-0.25, -0.2) is 0 Å². The third-order valence-electron chi connectivity index (χ3n) is 5.05. The standard InChI is InChI=1S/C25H22N2O5S/c1-31-21-12-9-17(14-22-24(29)27-25(30)33-22)13-20(21)23(28)26-15-16-7-10-19(11-8-16)32-18-5-3-2-4-6-18/h2-13,22H,14-15H2,1H3,(H,26,28)(H,27,29,30). The molecule has 1 aliphatic rings. The topological polar surface area (TPSA) is 93.7 Å². The molecule has 1 atom stereocenters. The van der Waals surface area contributed by atoms with Crippen molar-refractivity contribution in [2.24, 2.45) is 0 Å². The highest BCUT2D eigenvalue weighted by atomic mass is 32.2. The van der Waals surface area contributed by atoms with Gasteiger partial charge in [0.2, 0.25) is 5.91 Å². The molecular weight excluding hydrogens is 440 g/mol. The smallest absolute Gasteiger partial charge is 0.286 e. The Morgan fingerprint density at radius 1 is 0.970 bits per heavy atom. The average molecular weight is 463 g/mol. The van der Waals surface area contributed by atoms with Crippen molar-refractivity contribution < 1.29 is 23.9 Å². The van der Waals surface area contributed by atoms with Gasteiger partial charge in [-0.2, -0.15) is 0 Å². The Kier molecular flexibility index (Phi) is 6.95. The number of thioether (sulfide) groups is 1. The molecular formula is C25H22N2O5S. The second-order valence-electron chi connectivity index (χ2n) is 7.36. The molecule has 1 fully saturated rings. The molecule has 0 saturated carbocycles. The summed E-state index contributed by atoms with van der Waals surface area (Å²) in [7, 11) is 1.50. The zero-order chi connectivity index (χ0) is 23.2. The highest BCUT2D eigenvalue weighted by Crippen LogP contribution is 2.26. The lowest BCUT2D eigenvalue weighted by Gasteiger charge is -2.13. The number of carbonyl (C=O) groups excluding carboxylic acids is 3. The zero-order valence-electron chi connectivity index (χ0n) is 17.9. The normalized spacial score (nSPS) is 15.1. The molecule has 1 heterocycles. The number of amides is 3. The number of nitrogens with one attached hydrogen (secondary N) is 2. The summed E-state index contributed by atoms with van der Waals surface area (Å²) in [5, 5.41) is 4.32. The number of imide groups is 1. The van der Waals surface area contributed by atoms with Crippen molar-refractivity contribution in [3.8, 4) is 17.2 Å². The van der Waals surface area contributed by atoms with Gasteiger partial charge in [0, 0.05) is 6.54 Å². The molecule has 1 saturated heterocycles. The lowest BCUT2D eigenvalue weighted by atomic mass is 10.0. The molecule has 0 aromatic heterocycles. The number of methoxy groups -OCH3 is 1. The highest BCUT2D eigenvalue weighted by Gasteiger charge is 2.31. The Balaban J connectivity index is 1.39. The van der Waals surface area contributed by atoms with Crippen LogP contribution in [0.1, 0.15) is 21.5 Å². The van der Waals surface area contributed by atoms with E-state index in [-0.39, 0.29) is 17.1 Å². The number of benzene rings is 3. The first-order chi connectivity index (χ1) is 16.0. The van der Waals surface area contributed by atoms with Crippen LogP contribution >= 0.6 is 11.8 Å². The highest BCUT2D eigenvalue weighted by molar-refractivity contribution is 8.15. The molecule has 0 aliphatic carbocycles. The van der Waals surface area contributed by atoms with Gasteiger partial charge in [0.05, 0.1) is 17.9 Å². The Labute approximate surface area is 195 Å². The third kappa shape index (κ3) is 5.72. The van der Waals surface area contributed by atoms with Gasteiger partial charge < -0.3 is 14.8 Å². The number of carbonyl (C=O) groups is 3. The second-order valence-corrected chi connectivity index (χ2v) is 8.54. The van der Waals surface area contributed by atoms with Gasteiger partial charge in [0.25, 0.3) is 11.1 Å². The van der Waals surface area contributed by atoms with Gasteiger partial charge in [0.1, 0.15) is 17.2 Å². The molecule has 1 aliphatic heterocycles. The summed E-state index contributed by atoms with van der Waals surface area (Å²) in [6.45, 7) is 0.327. The van der Waals surface area contributed by atoms with Crippen LogP contribution in [-0.4, -0.2) is 29.4 Å². The van der Waals surface area contributed by atoms with Crippen LogP contribution in [0.15, 0.2) is 72.8 Å². The summed E-state index contributed by atoms with van der Waals surface area (Å²) in [4.78, 5) is 36.1. The maximum atomic E-state index is 12.9. The van der Waals surface area contributed by atoms with E-state index in [2.05, 4.69) is 10.6 Å². The van der Waals surface area contributed by atoms with Crippen molar-refractivity contribution in [2.75, 3.05) is 7.11 Å². The van der Waals surface area contributed by atoms with Crippen molar-refractivity contribution in [2.45, 2.75) is 18.2 Å². The van der Waals surface area contributed by atoms with E-state index in [0.29, 0.717) is 30.0 Å². The minimum atomic E-state index is -0.501. The molecule has 0 radical (unpaired) electrons. The molecule has 7 nitrogen and oxygen atoms in total. The van der Waals surface area contributed by atoms with Gasteiger partial charge in [-0.15, -0.1) is 0 Å². The summed E-state index contributed by atoms with van der Waals surface area (Å²) in [5.74, 6) is 1.29. The molecule has 0 spiro atoms. The van der Waals surface area contributed by atoms with Crippen LogP contribution in [-0.2, 0) is 17.8 Å². The van der Waals surface area contributed by atoms with Crippen molar-refractivity contribution in [1.29, 1.82) is 0 Å². The summed E-state index contributed by atoms with van der Waals surface area (Å²) >= 11 is 0.960. The summed E-state index contributed by atoms with van der Waals surface area (Å²) in [6, 6.07) is 22.2. The van der Waals surface area contributed by atoms with E-state index in [9.17, 15) is 14.4 Å². The third-order valence-corrected chi connectivity index (χ3v) is 6.03. The number of hydrogen-bond acceptors (Lipinski definition) is 6. The summed E-state index contributed by atoms with van der Waals surface area (Å²) < 4.78 is 11.1. The minimum absolute atomic E-state index is 0.294. The molecule has 3 amide bonds. The molecule has 2 N–H and O–H groups in total.